The largest absolute Gasteiger partial charge is 0.508 e. The molecule has 0 fully saturated rings. The van der Waals surface area contributed by atoms with Crippen LogP contribution in [0, 0.1) is 0 Å². The van der Waals surface area contributed by atoms with Crippen LogP contribution in [0.5, 0.6) is 5.75 Å². The Labute approximate surface area is 289 Å². The highest BCUT2D eigenvalue weighted by Gasteiger charge is 2.28. The molecule has 49 heavy (non-hydrogen) atoms. The normalized spacial score (nSPS) is 13.2. The summed E-state index contributed by atoms with van der Waals surface area (Å²) in [6, 6.07) is 17.2. The zero-order chi connectivity index (χ0) is 36.2. The van der Waals surface area contributed by atoms with Crippen molar-refractivity contribution in [2.45, 2.75) is 69.2 Å². The molecule has 0 saturated carbocycles. The molecular formula is C34H47N5O8S2. The summed E-state index contributed by atoms with van der Waals surface area (Å²) in [4.78, 5) is 30.9. The summed E-state index contributed by atoms with van der Waals surface area (Å²) in [5.41, 5.74) is 1.02. The van der Waals surface area contributed by atoms with Gasteiger partial charge in [-0.25, -0.2) is 27.0 Å². The lowest BCUT2D eigenvalue weighted by Gasteiger charge is -2.30. The number of hydrogen-bond acceptors (Lipinski definition) is 9. The third-order valence-electron chi connectivity index (χ3n) is 7.56. The number of aliphatic hydroxyl groups is 1. The number of phenolic OH excluding ortho intramolecular Hbond substituents is 1. The van der Waals surface area contributed by atoms with E-state index in [1.807, 2.05) is 20.8 Å². The highest BCUT2D eigenvalue weighted by atomic mass is 32.2. The zero-order valence-electron chi connectivity index (χ0n) is 28.1. The van der Waals surface area contributed by atoms with Gasteiger partial charge in [-0.1, -0.05) is 63.2 Å². The van der Waals surface area contributed by atoms with Crippen LogP contribution in [0.25, 0.3) is 0 Å². The fraction of sp³-hybridized carbons (Fsp3) is 0.412. The van der Waals surface area contributed by atoms with Crippen LogP contribution in [0.3, 0.4) is 0 Å². The van der Waals surface area contributed by atoms with Gasteiger partial charge in [0.15, 0.2) is 0 Å². The molecule has 0 aromatic heterocycles. The number of rotatable bonds is 19. The van der Waals surface area contributed by atoms with Gasteiger partial charge in [0.1, 0.15) is 5.75 Å². The van der Waals surface area contributed by atoms with Gasteiger partial charge in [-0.2, -0.15) is 0 Å². The number of nitrogens with two attached hydrogens (primary N) is 1. The lowest BCUT2D eigenvalue weighted by Crippen LogP contribution is -2.53. The molecule has 3 rings (SSSR count). The number of nitrogens with zero attached hydrogens (tertiary/aromatic N) is 2. The summed E-state index contributed by atoms with van der Waals surface area (Å²) in [6.07, 6.45) is 0.603. The Kier molecular flexibility index (Phi) is 14.7. The van der Waals surface area contributed by atoms with E-state index in [0.29, 0.717) is 43.5 Å². The maximum absolute atomic E-state index is 13.8. The summed E-state index contributed by atoms with van der Waals surface area (Å²) < 4.78 is 50.9. The monoisotopic (exact) mass is 717 g/mol. The fourth-order valence-electron chi connectivity index (χ4n) is 5.30. The Bertz CT molecular complexity index is 1750. The number of carbonyl (C=O) groups is 2. The first-order valence-electron chi connectivity index (χ1n) is 16.2. The van der Waals surface area contributed by atoms with E-state index in [9.17, 15) is 36.6 Å². The predicted molar refractivity (Wildman–Crippen MR) is 187 cm³/mol. The molecule has 0 saturated heterocycles. The highest BCUT2D eigenvalue weighted by Crippen LogP contribution is 2.19. The molecule has 0 radical (unpaired) electrons. The number of hydrogen-bond donors (Lipinski definition) is 5. The Morgan fingerprint density at radius 2 is 1.41 bits per heavy atom. The first-order valence-corrected chi connectivity index (χ1v) is 19.4. The number of carbonyl (C=O) groups excluding carboxylic acids is 2. The van der Waals surface area contributed by atoms with Gasteiger partial charge in [0, 0.05) is 37.3 Å². The molecule has 6 N–H and O–H groups in total. The molecule has 13 nitrogen and oxygen atoms in total. The summed E-state index contributed by atoms with van der Waals surface area (Å²) in [6.45, 7) is 6.56. The SMILES string of the molecule is CCCN(CC(O)C(Cc1ccc(O)cc1)NC(=O)c1cc(C(=O)N(CCC)CCC)cc(S(N)(=O)=O)c1)NS(=O)(=O)Cc1ccccc1. The number of sulfonamides is 2. The third kappa shape index (κ3) is 12.5. The van der Waals surface area contributed by atoms with Crippen molar-refractivity contribution in [1.82, 2.24) is 20.1 Å². The van der Waals surface area contributed by atoms with Crippen LogP contribution < -0.4 is 15.3 Å². The molecule has 2 atom stereocenters. The number of aliphatic hydroxyl groups excluding tert-OH is 1. The van der Waals surface area contributed by atoms with E-state index in [1.54, 1.807) is 47.4 Å². The number of amides is 2. The Balaban J connectivity index is 1.94. The minimum absolute atomic E-state index is 0.0176. The molecule has 2 amide bonds. The smallest absolute Gasteiger partial charge is 0.253 e. The molecular weight excluding hydrogens is 671 g/mol. The van der Waals surface area contributed by atoms with Crippen LogP contribution in [0.1, 0.15) is 71.9 Å². The maximum Gasteiger partial charge on any atom is 0.253 e. The molecule has 15 heteroatoms. The van der Waals surface area contributed by atoms with Gasteiger partial charge in [-0.15, -0.1) is 4.83 Å². The second-order valence-corrected chi connectivity index (χ2v) is 15.1. The lowest BCUT2D eigenvalue weighted by molar-refractivity contribution is 0.0618. The van der Waals surface area contributed by atoms with Gasteiger partial charge in [0.05, 0.1) is 22.8 Å². The van der Waals surface area contributed by atoms with E-state index in [1.165, 1.54) is 23.2 Å². The van der Waals surface area contributed by atoms with Crippen molar-refractivity contribution >= 4 is 31.9 Å². The van der Waals surface area contributed by atoms with Crippen LogP contribution in [0.2, 0.25) is 0 Å². The number of phenols is 1. The molecule has 268 valence electrons. The Hall–Kier alpha value is -3.86. The van der Waals surface area contributed by atoms with E-state index < -0.39 is 48.9 Å². The van der Waals surface area contributed by atoms with Crippen LogP contribution in [0.15, 0.2) is 77.7 Å². The van der Waals surface area contributed by atoms with Crippen molar-refractivity contribution in [3.8, 4) is 5.75 Å². The van der Waals surface area contributed by atoms with Crippen molar-refractivity contribution in [3.05, 3.63) is 95.1 Å². The van der Waals surface area contributed by atoms with Crippen LogP contribution in [0.4, 0.5) is 0 Å². The van der Waals surface area contributed by atoms with Gasteiger partial charge < -0.3 is 20.4 Å². The van der Waals surface area contributed by atoms with E-state index in [2.05, 4.69) is 10.1 Å². The number of aromatic hydroxyl groups is 1. The standard InChI is InChI=1S/C34H47N5O8S2/c1-4-16-38(17-5-2)34(43)28-20-27(21-30(22-28)49(35,46)47)33(42)36-31(19-25-12-14-29(40)15-13-25)32(41)23-39(18-6-3)37-48(44,45)24-26-10-8-7-9-11-26/h7-15,20-22,31-32,37,40-41H,4-6,16-19,23-24H2,1-3H3,(H,36,42)(H2,35,46,47). The van der Waals surface area contributed by atoms with Gasteiger partial charge in [-0.3, -0.25) is 9.59 Å². The van der Waals surface area contributed by atoms with Crippen LogP contribution >= 0.6 is 0 Å². The van der Waals surface area contributed by atoms with Gasteiger partial charge in [-0.05, 0) is 67.1 Å². The molecule has 0 spiro atoms. The minimum atomic E-state index is -4.32. The number of nitrogens with one attached hydrogen (secondary N) is 2. The number of benzene rings is 3. The molecule has 2 unspecified atom stereocenters. The summed E-state index contributed by atoms with van der Waals surface area (Å²) in [5.74, 6) is -1.51. The van der Waals surface area contributed by atoms with Crippen LogP contribution in [-0.2, 0) is 32.2 Å². The van der Waals surface area contributed by atoms with Crippen molar-refractivity contribution in [2.75, 3.05) is 26.2 Å². The van der Waals surface area contributed by atoms with E-state index in [4.69, 9.17) is 5.14 Å². The average molecular weight is 718 g/mol. The zero-order valence-corrected chi connectivity index (χ0v) is 29.7. The maximum atomic E-state index is 13.8. The molecule has 0 aliphatic heterocycles. The summed E-state index contributed by atoms with van der Waals surface area (Å²) >= 11 is 0. The second-order valence-electron chi connectivity index (χ2n) is 11.9. The lowest BCUT2D eigenvalue weighted by atomic mass is 9.99. The molecule has 0 aliphatic rings. The molecule has 3 aromatic carbocycles. The molecule has 0 bridgehead atoms. The molecule has 0 heterocycles. The van der Waals surface area contributed by atoms with Gasteiger partial charge in [0.2, 0.25) is 20.0 Å². The van der Waals surface area contributed by atoms with Crippen molar-refractivity contribution < 1.29 is 36.6 Å². The predicted octanol–water partition coefficient (Wildman–Crippen LogP) is 2.75. The Morgan fingerprint density at radius 3 is 1.98 bits per heavy atom. The average Bonchev–Trinajstić information content (AvgIpc) is 3.04. The third-order valence-corrected chi connectivity index (χ3v) is 9.70. The first-order chi connectivity index (χ1) is 23.1. The first kappa shape index (κ1) is 39.6. The summed E-state index contributed by atoms with van der Waals surface area (Å²) in [5, 5.41) is 30.8. The van der Waals surface area contributed by atoms with Gasteiger partial charge >= 0.3 is 0 Å². The fourth-order valence-corrected chi connectivity index (χ4v) is 7.13. The van der Waals surface area contributed by atoms with Crippen molar-refractivity contribution in [3.63, 3.8) is 0 Å². The number of hydrazine groups is 1. The quantitative estimate of drug-likeness (QED) is 0.116. The Morgan fingerprint density at radius 1 is 0.816 bits per heavy atom. The molecule has 0 aliphatic carbocycles. The van der Waals surface area contributed by atoms with E-state index >= 15 is 0 Å². The number of primary sulfonamides is 1. The highest BCUT2D eigenvalue weighted by molar-refractivity contribution is 7.89. The van der Waals surface area contributed by atoms with Crippen molar-refractivity contribution in [2.24, 2.45) is 5.14 Å². The van der Waals surface area contributed by atoms with Crippen LogP contribution in [-0.4, -0.2) is 87.1 Å². The minimum Gasteiger partial charge on any atom is -0.508 e. The van der Waals surface area contributed by atoms with Crippen molar-refractivity contribution in [1.29, 1.82) is 0 Å². The summed E-state index contributed by atoms with van der Waals surface area (Å²) in [7, 11) is -8.18. The second kappa shape index (κ2) is 18.2. The van der Waals surface area contributed by atoms with E-state index in [-0.39, 0.29) is 42.1 Å². The van der Waals surface area contributed by atoms with Gasteiger partial charge in [0.25, 0.3) is 11.8 Å². The topological polar surface area (TPSA) is 199 Å². The molecule has 3 aromatic rings. The van der Waals surface area contributed by atoms with E-state index in [0.717, 1.165) is 12.1 Å².